The molecule has 0 unspecified atom stereocenters. The van der Waals surface area contributed by atoms with Crippen molar-refractivity contribution in [1.29, 1.82) is 5.26 Å². The maximum atomic E-state index is 11.1. The molecule has 20 heavy (non-hydrogen) atoms. The van der Waals surface area contributed by atoms with Crippen LogP contribution in [0.15, 0.2) is 28.9 Å². The molecule has 0 saturated carbocycles. The first-order valence-corrected chi connectivity index (χ1v) is 6.50. The predicted molar refractivity (Wildman–Crippen MR) is 76.4 cm³/mol. The molecule has 0 radical (unpaired) electrons. The van der Waals surface area contributed by atoms with Crippen molar-refractivity contribution in [3.8, 4) is 6.07 Å². The Morgan fingerprint density at radius 2 is 2.35 bits per heavy atom. The zero-order valence-corrected chi connectivity index (χ0v) is 12.2. The molecule has 0 aliphatic rings. The highest BCUT2D eigenvalue weighted by Gasteiger charge is 2.15. The molecular weight excluding hydrogens is 324 g/mol. The van der Waals surface area contributed by atoms with Crippen molar-refractivity contribution < 1.29 is 9.90 Å². The number of aromatic carboxylic acids is 1. The number of rotatable bonds is 4. The average Bonchev–Trinajstić information content (AvgIpc) is 2.78. The number of carbonyl (C=O) groups is 1. The Labute approximate surface area is 123 Å². The molecule has 1 aromatic heterocycles. The summed E-state index contributed by atoms with van der Waals surface area (Å²) in [6.07, 6.45) is 1.31. The van der Waals surface area contributed by atoms with E-state index in [2.05, 4.69) is 32.4 Å². The summed E-state index contributed by atoms with van der Waals surface area (Å²) < 4.78 is 2.31. The quantitative estimate of drug-likeness (QED) is 0.895. The van der Waals surface area contributed by atoms with Crippen LogP contribution in [0.3, 0.4) is 0 Å². The number of aromatic nitrogens is 2. The third-order valence-corrected chi connectivity index (χ3v) is 3.33. The van der Waals surface area contributed by atoms with Crippen LogP contribution < -0.4 is 5.32 Å². The molecular formula is C13H11BrN4O2. The van der Waals surface area contributed by atoms with Crippen LogP contribution in [-0.2, 0) is 13.6 Å². The highest BCUT2D eigenvalue weighted by Crippen LogP contribution is 2.21. The van der Waals surface area contributed by atoms with Crippen LogP contribution in [0.5, 0.6) is 0 Å². The molecule has 0 fully saturated rings. The second kappa shape index (κ2) is 5.75. The van der Waals surface area contributed by atoms with Crippen molar-refractivity contribution in [3.05, 3.63) is 45.7 Å². The Bertz CT molecular complexity index is 703. The molecule has 0 amide bonds. The fourth-order valence-electron chi connectivity index (χ4n) is 1.79. The molecule has 0 bridgehead atoms. The Balaban J connectivity index is 2.24. The van der Waals surface area contributed by atoms with Gasteiger partial charge in [-0.3, -0.25) is 4.68 Å². The molecule has 0 aliphatic heterocycles. The van der Waals surface area contributed by atoms with Gasteiger partial charge in [-0.15, -0.1) is 0 Å². The van der Waals surface area contributed by atoms with Crippen LogP contribution >= 0.6 is 15.9 Å². The van der Waals surface area contributed by atoms with Gasteiger partial charge >= 0.3 is 5.97 Å². The van der Waals surface area contributed by atoms with Crippen LogP contribution in [-0.4, -0.2) is 20.9 Å². The molecule has 0 saturated heterocycles. The lowest BCUT2D eigenvalue weighted by Gasteiger charge is -2.09. The van der Waals surface area contributed by atoms with Gasteiger partial charge in [-0.25, -0.2) is 4.79 Å². The number of anilines is 1. The van der Waals surface area contributed by atoms with Crippen LogP contribution in [0.1, 0.15) is 21.6 Å². The first-order valence-electron chi connectivity index (χ1n) is 5.70. The highest BCUT2D eigenvalue weighted by molar-refractivity contribution is 9.10. The number of aryl methyl sites for hydroxylation is 1. The molecule has 0 aliphatic carbocycles. The molecule has 1 heterocycles. The first kappa shape index (κ1) is 14.1. The average molecular weight is 335 g/mol. The summed E-state index contributed by atoms with van der Waals surface area (Å²) in [5.74, 6) is -1.02. The number of benzene rings is 1. The van der Waals surface area contributed by atoms with Crippen LogP contribution in [0.4, 0.5) is 5.69 Å². The second-order valence-corrected chi connectivity index (χ2v) is 5.00. The lowest BCUT2D eigenvalue weighted by molar-refractivity contribution is 0.0695. The molecule has 2 N–H and O–H groups in total. The maximum absolute atomic E-state index is 11.1. The summed E-state index contributed by atoms with van der Waals surface area (Å²) in [5, 5.41) is 25.1. The van der Waals surface area contributed by atoms with Crippen molar-refractivity contribution in [2.24, 2.45) is 7.05 Å². The van der Waals surface area contributed by atoms with Gasteiger partial charge in [-0.05, 0) is 18.2 Å². The van der Waals surface area contributed by atoms with Crippen molar-refractivity contribution in [3.63, 3.8) is 0 Å². The second-order valence-electron chi connectivity index (χ2n) is 4.09. The number of hydrogen-bond donors (Lipinski definition) is 2. The molecule has 2 rings (SSSR count). The van der Waals surface area contributed by atoms with Gasteiger partial charge in [0.25, 0.3) is 0 Å². The Hall–Kier alpha value is -2.33. The van der Waals surface area contributed by atoms with Gasteiger partial charge in [-0.2, -0.15) is 10.4 Å². The Morgan fingerprint density at radius 3 is 3.00 bits per heavy atom. The topological polar surface area (TPSA) is 90.9 Å². The number of carboxylic acids is 1. The smallest absolute Gasteiger partial charge is 0.339 e. The van der Waals surface area contributed by atoms with E-state index in [4.69, 9.17) is 10.4 Å². The summed E-state index contributed by atoms with van der Waals surface area (Å²) in [6, 6.07) is 7.36. The van der Waals surface area contributed by atoms with Crippen LogP contribution in [0.2, 0.25) is 0 Å². The predicted octanol–water partition coefficient (Wildman–Crippen LogP) is 2.36. The molecule has 102 valence electrons. The summed E-state index contributed by atoms with van der Waals surface area (Å²) in [6.45, 7) is 0.272. The minimum absolute atomic E-state index is 0.149. The molecule has 6 nitrogen and oxygen atoms in total. The van der Waals surface area contributed by atoms with Gasteiger partial charge in [0.2, 0.25) is 0 Å². The standard InChI is InChI=1S/C13H11BrN4O2/c1-18-12(10(6-17-18)13(19)20)7-16-11-3-2-9(14)4-8(11)5-15/h2-4,6,16H,7H2,1H3,(H,19,20). The molecule has 7 heteroatoms. The van der Waals surface area contributed by atoms with Gasteiger partial charge in [-0.1, -0.05) is 15.9 Å². The summed E-state index contributed by atoms with van der Waals surface area (Å²) in [4.78, 5) is 11.1. The molecule has 2 aromatic rings. The van der Waals surface area contributed by atoms with E-state index in [9.17, 15) is 4.79 Å². The van der Waals surface area contributed by atoms with E-state index in [1.165, 1.54) is 10.9 Å². The van der Waals surface area contributed by atoms with E-state index in [0.717, 1.165) is 4.47 Å². The van der Waals surface area contributed by atoms with Gasteiger partial charge < -0.3 is 10.4 Å². The largest absolute Gasteiger partial charge is 0.478 e. The van der Waals surface area contributed by atoms with E-state index >= 15 is 0 Å². The number of nitrogens with zero attached hydrogens (tertiary/aromatic N) is 3. The van der Waals surface area contributed by atoms with Crippen molar-refractivity contribution >= 4 is 27.6 Å². The van der Waals surface area contributed by atoms with Gasteiger partial charge in [0, 0.05) is 11.5 Å². The third kappa shape index (κ3) is 2.81. The zero-order valence-electron chi connectivity index (χ0n) is 10.6. The monoisotopic (exact) mass is 334 g/mol. The normalized spacial score (nSPS) is 10.1. The summed E-state index contributed by atoms with van der Waals surface area (Å²) in [5.41, 5.74) is 1.83. The number of carboxylic acid groups (broad SMARTS) is 1. The van der Waals surface area contributed by atoms with Gasteiger partial charge in [0.15, 0.2) is 0 Å². The fourth-order valence-corrected chi connectivity index (χ4v) is 2.15. The van der Waals surface area contributed by atoms with Gasteiger partial charge in [0.05, 0.1) is 29.7 Å². The van der Waals surface area contributed by atoms with Crippen LogP contribution in [0.25, 0.3) is 0 Å². The van der Waals surface area contributed by atoms with Crippen molar-refractivity contribution in [2.75, 3.05) is 5.32 Å². The number of hydrogen-bond acceptors (Lipinski definition) is 4. The lowest BCUT2D eigenvalue weighted by atomic mass is 10.2. The summed E-state index contributed by atoms with van der Waals surface area (Å²) >= 11 is 3.30. The lowest BCUT2D eigenvalue weighted by Crippen LogP contribution is -2.10. The minimum Gasteiger partial charge on any atom is -0.478 e. The van der Waals surface area contributed by atoms with Crippen molar-refractivity contribution in [1.82, 2.24) is 9.78 Å². The Morgan fingerprint density at radius 1 is 1.60 bits per heavy atom. The van der Waals surface area contributed by atoms with E-state index < -0.39 is 5.97 Å². The SMILES string of the molecule is Cn1ncc(C(=O)O)c1CNc1ccc(Br)cc1C#N. The van der Waals surface area contributed by atoms with E-state index in [-0.39, 0.29) is 12.1 Å². The number of halogens is 1. The highest BCUT2D eigenvalue weighted by atomic mass is 79.9. The Kier molecular flexibility index (Phi) is 4.05. The zero-order chi connectivity index (χ0) is 14.7. The van der Waals surface area contributed by atoms with E-state index in [1.807, 2.05) is 6.07 Å². The first-order chi connectivity index (χ1) is 9.52. The third-order valence-electron chi connectivity index (χ3n) is 2.84. The maximum Gasteiger partial charge on any atom is 0.339 e. The molecule has 0 atom stereocenters. The molecule has 1 aromatic carbocycles. The van der Waals surface area contributed by atoms with Crippen molar-refractivity contribution in [2.45, 2.75) is 6.54 Å². The molecule has 0 spiro atoms. The van der Waals surface area contributed by atoms with E-state index in [1.54, 1.807) is 19.2 Å². The summed E-state index contributed by atoms with van der Waals surface area (Å²) in [7, 11) is 1.68. The van der Waals surface area contributed by atoms with Crippen LogP contribution in [0, 0.1) is 11.3 Å². The van der Waals surface area contributed by atoms with Gasteiger partial charge in [0.1, 0.15) is 11.6 Å². The van der Waals surface area contributed by atoms with E-state index in [0.29, 0.717) is 16.9 Å². The fraction of sp³-hybridized carbons (Fsp3) is 0.154. The number of nitrogens with one attached hydrogen (secondary N) is 1. The number of nitriles is 1. The minimum atomic E-state index is -1.02.